The van der Waals surface area contributed by atoms with Crippen LogP contribution in [0.2, 0.25) is 0 Å². The van der Waals surface area contributed by atoms with E-state index in [-0.39, 0.29) is 5.69 Å². The zero-order valence-corrected chi connectivity index (χ0v) is 9.67. The van der Waals surface area contributed by atoms with E-state index < -0.39 is 5.97 Å². The lowest BCUT2D eigenvalue weighted by molar-refractivity contribution is 0.0690. The van der Waals surface area contributed by atoms with Gasteiger partial charge in [0.2, 0.25) is 0 Å². The normalized spacial score (nSPS) is 20.9. The molecule has 0 radical (unpaired) electrons. The Morgan fingerprint density at radius 2 is 2.40 bits per heavy atom. The molecule has 0 spiro atoms. The number of carboxylic acids is 1. The number of carboxylic acid groups (broad SMARTS) is 1. The minimum Gasteiger partial charge on any atom is -0.476 e. The number of nitrogens with zero attached hydrogens (tertiary/aromatic N) is 2. The third-order valence-electron chi connectivity index (χ3n) is 2.79. The molecule has 0 saturated carbocycles. The van der Waals surface area contributed by atoms with E-state index in [0.29, 0.717) is 6.04 Å². The first-order chi connectivity index (χ1) is 7.09. The molecular weight excluding hydrogens is 212 g/mol. The second kappa shape index (κ2) is 3.81. The Morgan fingerprint density at radius 1 is 1.67 bits per heavy atom. The Morgan fingerprint density at radius 3 is 2.87 bits per heavy atom. The van der Waals surface area contributed by atoms with Crippen LogP contribution in [0, 0.1) is 6.92 Å². The van der Waals surface area contributed by atoms with Gasteiger partial charge in [-0.15, -0.1) is 11.3 Å². The second-order valence-corrected chi connectivity index (χ2v) is 5.07. The van der Waals surface area contributed by atoms with Crippen molar-refractivity contribution < 1.29 is 9.90 Å². The summed E-state index contributed by atoms with van der Waals surface area (Å²) in [6, 6.07) is 0.484. The van der Waals surface area contributed by atoms with E-state index in [2.05, 4.69) is 16.8 Å². The summed E-state index contributed by atoms with van der Waals surface area (Å²) < 4.78 is 0. The van der Waals surface area contributed by atoms with Gasteiger partial charge in [-0.25, -0.2) is 9.78 Å². The molecule has 1 saturated heterocycles. The fourth-order valence-electron chi connectivity index (χ4n) is 1.92. The Hall–Kier alpha value is -1.10. The Kier molecular flexibility index (Phi) is 2.65. The van der Waals surface area contributed by atoms with Crippen molar-refractivity contribution >= 4 is 22.4 Å². The maximum atomic E-state index is 10.9. The third kappa shape index (κ3) is 1.84. The van der Waals surface area contributed by atoms with Gasteiger partial charge in [0.25, 0.3) is 0 Å². The van der Waals surface area contributed by atoms with Crippen molar-refractivity contribution in [3.8, 4) is 0 Å². The lowest BCUT2D eigenvalue weighted by Crippen LogP contribution is -2.26. The number of rotatable bonds is 2. The first-order valence-electron chi connectivity index (χ1n) is 5.07. The van der Waals surface area contributed by atoms with Crippen molar-refractivity contribution in [3.63, 3.8) is 0 Å². The Labute approximate surface area is 92.6 Å². The fraction of sp³-hybridized carbons (Fsp3) is 0.600. The number of aromatic carboxylic acids is 1. The molecule has 1 aliphatic rings. The topological polar surface area (TPSA) is 53.4 Å². The summed E-state index contributed by atoms with van der Waals surface area (Å²) in [6.45, 7) is 4.96. The monoisotopic (exact) mass is 226 g/mol. The summed E-state index contributed by atoms with van der Waals surface area (Å²) in [6.07, 6.45) is 2.34. The summed E-state index contributed by atoms with van der Waals surface area (Å²) in [7, 11) is 0. The number of carbonyl (C=O) groups is 1. The van der Waals surface area contributed by atoms with Crippen molar-refractivity contribution in [2.24, 2.45) is 0 Å². The highest BCUT2D eigenvalue weighted by Crippen LogP contribution is 2.31. The Balaban J connectivity index is 2.29. The second-order valence-electron chi connectivity index (χ2n) is 3.89. The standard InChI is InChI=1S/C10H14N2O2S/c1-6-4-3-5-12(6)10-11-8(9(13)14)7(2)15-10/h6H,3-5H2,1-2H3,(H,13,14). The fourth-order valence-corrected chi connectivity index (χ4v) is 2.95. The number of hydrogen-bond donors (Lipinski definition) is 1. The van der Waals surface area contributed by atoms with Crippen LogP contribution in [0.5, 0.6) is 0 Å². The van der Waals surface area contributed by atoms with Gasteiger partial charge >= 0.3 is 5.97 Å². The van der Waals surface area contributed by atoms with E-state index in [1.165, 1.54) is 24.2 Å². The van der Waals surface area contributed by atoms with Crippen LogP contribution in [0.1, 0.15) is 35.1 Å². The SMILES string of the molecule is Cc1sc(N2CCCC2C)nc1C(=O)O. The molecule has 0 aromatic carbocycles. The molecule has 1 aromatic heterocycles. The molecule has 1 aliphatic heterocycles. The summed E-state index contributed by atoms with van der Waals surface area (Å²) in [5.41, 5.74) is 0.203. The number of anilines is 1. The first kappa shape index (κ1) is 10.4. The van der Waals surface area contributed by atoms with E-state index >= 15 is 0 Å². The van der Waals surface area contributed by atoms with E-state index in [9.17, 15) is 4.79 Å². The van der Waals surface area contributed by atoms with Crippen LogP contribution in [0.15, 0.2) is 0 Å². The summed E-state index contributed by atoms with van der Waals surface area (Å²) >= 11 is 1.48. The number of thiazole rings is 1. The van der Waals surface area contributed by atoms with E-state index in [1.807, 2.05) is 6.92 Å². The average Bonchev–Trinajstić information content (AvgIpc) is 2.71. The lowest BCUT2D eigenvalue weighted by Gasteiger charge is -2.19. The lowest BCUT2D eigenvalue weighted by atomic mass is 10.2. The van der Waals surface area contributed by atoms with Crippen LogP contribution in [-0.2, 0) is 0 Å². The maximum Gasteiger partial charge on any atom is 0.355 e. The van der Waals surface area contributed by atoms with Crippen LogP contribution in [-0.4, -0.2) is 28.6 Å². The minimum absolute atomic E-state index is 0.203. The van der Waals surface area contributed by atoms with E-state index in [4.69, 9.17) is 5.11 Å². The molecule has 0 bridgehead atoms. The predicted octanol–water partition coefficient (Wildman–Crippen LogP) is 2.14. The molecule has 2 heterocycles. The van der Waals surface area contributed by atoms with Crippen molar-refractivity contribution in [3.05, 3.63) is 10.6 Å². The smallest absolute Gasteiger partial charge is 0.355 e. The van der Waals surface area contributed by atoms with Gasteiger partial charge in [0.05, 0.1) is 0 Å². The van der Waals surface area contributed by atoms with E-state index in [0.717, 1.165) is 16.6 Å². The quantitative estimate of drug-likeness (QED) is 0.839. The molecule has 1 atom stereocenters. The van der Waals surface area contributed by atoms with Gasteiger partial charge in [-0.1, -0.05) is 0 Å². The minimum atomic E-state index is -0.929. The van der Waals surface area contributed by atoms with Gasteiger partial charge in [-0.3, -0.25) is 0 Å². The molecule has 1 fully saturated rings. The molecule has 4 nitrogen and oxygen atoms in total. The predicted molar refractivity (Wildman–Crippen MR) is 59.9 cm³/mol. The molecule has 82 valence electrons. The zero-order chi connectivity index (χ0) is 11.0. The van der Waals surface area contributed by atoms with Gasteiger partial charge in [0.1, 0.15) is 0 Å². The van der Waals surface area contributed by atoms with Crippen molar-refractivity contribution in [2.45, 2.75) is 32.7 Å². The summed E-state index contributed by atoms with van der Waals surface area (Å²) in [4.78, 5) is 18.0. The molecule has 0 aliphatic carbocycles. The van der Waals surface area contributed by atoms with Crippen LogP contribution in [0.4, 0.5) is 5.13 Å². The van der Waals surface area contributed by atoms with Gasteiger partial charge in [0.15, 0.2) is 10.8 Å². The largest absolute Gasteiger partial charge is 0.476 e. The first-order valence-corrected chi connectivity index (χ1v) is 5.88. The number of aryl methyl sites for hydroxylation is 1. The van der Waals surface area contributed by atoms with Crippen molar-refractivity contribution in [2.75, 3.05) is 11.4 Å². The molecule has 15 heavy (non-hydrogen) atoms. The highest BCUT2D eigenvalue weighted by Gasteiger charge is 2.25. The molecule has 1 N–H and O–H groups in total. The highest BCUT2D eigenvalue weighted by molar-refractivity contribution is 7.15. The molecule has 0 amide bonds. The van der Waals surface area contributed by atoms with Crippen LogP contribution in [0.25, 0.3) is 0 Å². The average molecular weight is 226 g/mol. The zero-order valence-electron chi connectivity index (χ0n) is 8.86. The summed E-state index contributed by atoms with van der Waals surface area (Å²) in [5.74, 6) is -0.929. The third-order valence-corrected chi connectivity index (χ3v) is 3.79. The van der Waals surface area contributed by atoms with E-state index in [1.54, 1.807) is 0 Å². The molecule has 2 rings (SSSR count). The van der Waals surface area contributed by atoms with Crippen LogP contribution >= 0.6 is 11.3 Å². The van der Waals surface area contributed by atoms with Gasteiger partial charge in [-0.2, -0.15) is 0 Å². The number of hydrogen-bond acceptors (Lipinski definition) is 4. The number of aromatic nitrogens is 1. The van der Waals surface area contributed by atoms with Crippen LogP contribution < -0.4 is 4.90 Å². The molecular formula is C10H14N2O2S. The van der Waals surface area contributed by atoms with Crippen molar-refractivity contribution in [1.82, 2.24) is 4.98 Å². The van der Waals surface area contributed by atoms with Gasteiger partial charge in [-0.05, 0) is 26.7 Å². The summed E-state index contributed by atoms with van der Waals surface area (Å²) in [5, 5.41) is 9.77. The van der Waals surface area contributed by atoms with Crippen molar-refractivity contribution in [1.29, 1.82) is 0 Å². The maximum absolute atomic E-state index is 10.9. The molecule has 5 heteroatoms. The Bertz CT molecular complexity index is 389. The van der Waals surface area contributed by atoms with Gasteiger partial charge < -0.3 is 10.0 Å². The van der Waals surface area contributed by atoms with Gasteiger partial charge in [0, 0.05) is 17.5 Å². The molecule has 1 aromatic rings. The highest BCUT2D eigenvalue weighted by atomic mass is 32.1. The molecule has 1 unspecified atom stereocenters. The van der Waals surface area contributed by atoms with Crippen LogP contribution in [0.3, 0.4) is 0 Å².